The van der Waals surface area contributed by atoms with Crippen molar-refractivity contribution < 1.29 is 9.59 Å². The molecular formula is C8H8N4O2. The third-order valence-corrected chi connectivity index (χ3v) is 1.96. The lowest BCUT2D eigenvalue weighted by Gasteiger charge is -2.08. The van der Waals surface area contributed by atoms with Gasteiger partial charge in [-0.3, -0.25) is 14.7 Å². The van der Waals surface area contributed by atoms with E-state index in [4.69, 9.17) is 0 Å². The van der Waals surface area contributed by atoms with Crippen LogP contribution in [-0.4, -0.2) is 28.1 Å². The molecule has 0 bridgehead atoms. The van der Waals surface area contributed by atoms with Crippen LogP contribution in [0.25, 0.3) is 0 Å². The molecule has 0 saturated heterocycles. The van der Waals surface area contributed by atoms with E-state index in [1.165, 1.54) is 11.2 Å². The molecule has 2 heterocycles. The predicted octanol–water partition coefficient (Wildman–Crippen LogP) is 0.00972. The lowest BCUT2D eigenvalue weighted by molar-refractivity contribution is -0.117. The van der Waals surface area contributed by atoms with Gasteiger partial charge in [-0.15, -0.1) is 0 Å². The number of H-pyrrole nitrogens is 1. The van der Waals surface area contributed by atoms with Gasteiger partial charge in [0.25, 0.3) is 5.91 Å². The smallest absolute Gasteiger partial charge is 0.253 e. The largest absolute Gasteiger partial charge is 0.296 e. The molecule has 1 N–H and O–H groups in total. The fourth-order valence-corrected chi connectivity index (χ4v) is 1.26. The summed E-state index contributed by atoms with van der Waals surface area (Å²) in [5.74, 6) is -0.211. The van der Waals surface area contributed by atoms with Gasteiger partial charge in [0.2, 0.25) is 0 Å². The van der Waals surface area contributed by atoms with Crippen LogP contribution in [0.4, 0.5) is 5.69 Å². The molecule has 1 aromatic heterocycles. The molecule has 6 heteroatoms. The summed E-state index contributed by atoms with van der Waals surface area (Å²) >= 11 is 0. The molecule has 1 aromatic rings. The third-order valence-electron chi connectivity index (χ3n) is 1.96. The Morgan fingerprint density at radius 3 is 2.93 bits per heavy atom. The highest BCUT2D eigenvalue weighted by Gasteiger charge is 2.26. The predicted molar refractivity (Wildman–Crippen MR) is 48.9 cm³/mol. The molecule has 6 nitrogen and oxygen atoms in total. The molecule has 72 valence electrons. The Labute approximate surface area is 79.6 Å². The van der Waals surface area contributed by atoms with E-state index in [1.54, 1.807) is 6.92 Å². The maximum atomic E-state index is 11.4. The van der Waals surface area contributed by atoms with Crippen LogP contribution in [0, 0.1) is 6.92 Å². The SMILES string of the molecule is Cc1[nH]ncc1N1N=C(C=O)CC1=O. The van der Waals surface area contributed by atoms with E-state index in [0.717, 1.165) is 5.69 Å². The summed E-state index contributed by atoms with van der Waals surface area (Å²) in [7, 11) is 0. The first-order chi connectivity index (χ1) is 6.72. The quantitative estimate of drug-likeness (QED) is 0.670. The number of hydrogen-bond donors (Lipinski definition) is 1. The first-order valence-electron chi connectivity index (χ1n) is 4.08. The number of anilines is 1. The minimum absolute atomic E-state index is 0.0636. The van der Waals surface area contributed by atoms with Gasteiger partial charge in [0, 0.05) is 0 Å². The highest BCUT2D eigenvalue weighted by Crippen LogP contribution is 2.21. The summed E-state index contributed by atoms with van der Waals surface area (Å²) in [6.07, 6.45) is 2.16. The number of amides is 1. The van der Waals surface area contributed by atoms with Gasteiger partial charge in [-0.1, -0.05) is 0 Å². The molecule has 0 spiro atoms. The molecule has 0 atom stereocenters. The van der Waals surface area contributed by atoms with Crippen molar-refractivity contribution in [3.05, 3.63) is 11.9 Å². The molecule has 0 radical (unpaired) electrons. The number of carbonyl (C=O) groups is 2. The first-order valence-corrected chi connectivity index (χ1v) is 4.08. The zero-order chi connectivity index (χ0) is 10.1. The van der Waals surface area contributed by atoms with Gasteiger partial charge in [0.15, 0.2) is 6.29 Å². The van der Waals surface area contributed by atoms with Gasteiger partial charge < -0.3 is 0 Å². The van der Waals surface area contributed by atoms with Gasteiger partial charge in [-0.25, -0.2) is 0 Å². The summed E-state index contributed by atoms with van der Waals surface area (Å²) in [6.45, 7) is 1.78. The molecule has 0 aliphatic carbocycles. The van der Waals surface area contributed by atoms with E-state index in [2.05, 4.69) is 15.3 Å². The van der Waals surface area contributed by atoms with E-state index in [0.29, 0.717) is 12.0 Å². The van der Waals surface area contributed by atoms with Gasteiger partial charge in [0.05, 0.1) is 18.3 Å². The molecule has 0 saturated carbocycles. The average molecular weight is 192 g/mol. The summed E-state index contributed by atoms with van der Waals surface area (Å²) < 4.78 is 0. The van der Waals surface area contributed by atoms with E-state index >= 15 is 0 Å². The lowest BCUT2D eigenvalue weighted by atomic mass is 10.3. The average Bonchev–Trinajstić information content (AvgIpc) is 2.72. The van der Waals surface area contributed by atoms with Gasteiger partial charge >= 0.3 is 0 Å². The maximum Gasteiger partial charge on any atom is 0.253 e. The second-order valence-corrected chi connectivity index (χ2v) is 2.97. The summed E-state index contributed by atoms with van der Waals surface area (Å²) in [5.41, 5.74) is 1.58. The molecule has 0 aromatic carbocycles. The monoisotopic (exact) mass is 192 g/mol. The number of carbonyl (C=O) groups excluding carboxylic acids is 2. The first kappa shape index (κ1) is 8.61. The van der Waals surface area contributed by atoms with E-state index in [1.807, 2.05) is 0 Å². The Morgan fingerprint density at radius 1 is 1.64 bits per heavy atom. The summed E-state index contributed by atoms with van der Waals surface area (Å²) in [4.78, 5) is 21.8. The van der Waals surface area contributed by atoms with E-state index in [9.17, 15) is 9.59 Å². The van der Waals surface area contributed by atoms with Crippen LogP contribution in [0.15, 0.2) is 11.3 Å². The Kier molecular flexibility index (Phi) is 1.88. The third kappa shape index (κ3) is 1.20. The number of hydrazone groups is 1. The van der Waals surface area contributed by atoms with Crippen LogP contribution in [0.2, 0.25) is 0 Å². The summed E-state index contributed by atoms with van der Waals surface area (Å²) in [6, 6.07) is 0. The van der Waals surface area contributed by atoms with Crippen LogP contribution in [0.5, 0.6) is 0 Å². The van der Waals surface area contributed by atoms with Crippen molar-refractivity contribution in [1.82, 2.24) is 10.2 Å². The van der Waals surface area contributed by atoms with Crippen LogP contribution >= 0.6 is 0 Å². The zero-order valence-corrected chi connectivity index (χ0v) is 7.52. The van der Waals surface area contributed by atoms with Gasteiger partial charge in [0.1, 0.15) is 11.4 Å². The molecular weight excluding hydrogens is 184 g/mol. The van der Waals surface area contributed by atoms with Crippen molar-refractivity contribution in [2.45, 2.75) is 13.3 Å². The second-order valence-electron chi connectivity index (χ2n) is 2.97. The number of aromatic nitrogens is 2. The molecule has 2 rings (SSSR count). The van der Waals surface area contributed by atoms with Crippen molar-refractivity contribution in [2.75, 3.05) is 5.01 Å². The van der Waals surface area contributed by atoms with Crippen LogP contribution in [-0.2, 0) is 9.59 Å². The van der Waals surface area contributed by atoms with Crippen molar-refractivity contribution in [3.8, 4) is 0 Å². The van der Waals surface area contributed by atoms with E-state index < -0.39 is 0 Å². The molecule has 1 aliphatic heterocycles. The van der Waals surface area contributed by atoms with E-state index in [-0.39, 0.29) is 18.0 Å². The maximum absolute atomic E-state index is 11.4. The number of nitrogens with one attached hydrogen (secondary N) is 1. The second kappa shape index (κ2) is 3.06. The van der Waals surface area contributed by atoms with Crippen molar-refractivity contribution in [1.29, 1.82) is 0 Å². The molecule has 0 fully saturated rings. The minimum Gasteiger partial charge on any atom is -0.296 e. The number of nitrogens with zero attached hydrogens (tertiary/aromatic N) is 3. The fraction of sp³-hybridized carbons (Fsp3) is 0.250. The topological polar surface area (TPSA) is 78.4 Å². The molecule has 0 unspecified atom stereocenters. The highest BCUT2D eigenvalue weighted by atomic mass is 16.2. The Balaban J connectivity index is 2.36. The molecule has 1 amide bonds. The lowest BCUT2D eigenvalue weighted by Crippen LogP contribution is -2.19. The fourth-order valence-electron chi connectivity index (χ4n) is 1.26. The standard InChI is InChI=1S/C8H8N4O2/c1-5-7(3-9-10-5)12-8(14)2-6(4-13)11-12/h3-4H,2H2,1H3,(H,9,10). The van der Waals surface area contributed by atoms with Gasteiger partial charge in [-0.05, 0) is 6.92 Å². The normalized spacial score (nSPS) is 15.9. The Bertz CT molecular complexity index is 421. The van der Waals surface area contributed by atoms with Crippen LogP contribution < -0.4 is 5.01 Å². The van der Waals surface area contributed by atoms with Gasteiger partial charge in [-0.2, -0.15) is 15.2 Å². The minimum atomic E-state index is -0.211. The number of hydrogen-bond acceptors (Lipinski definition) is 4. The Hall–Kier alpha value is -1.98. The summed E-state index contributed by atoms with van der Waals surface area (Å²) in [5, 5.41) is 11.5. The number of aromatic amines is 1. The van der Waals surface area contributed by atoms with Crippen molar-refractivity contribution >= 4 is 23.6 Å². The molecule has 14 heavy (non-hydrogen) atoms. The number of aldehydes is 1. The highest BCUT2D eigenvalue weighted by molar-refractivity contribution is 6.36. The van der Waals surface area contributed by atoms with Crippen LogP contribution in [0.3, 0.4) is 0 Å². The zero-order valence-electron chi connectivity index (χ0n) is 7.52. The Morgan fingerprint density at radius 2 is 2.43 bits per heavy atom. The van der Waals surface area contributed by atoms with Crippen molar-refractivity contribution in [2.24, 2.45) is 5.10 Å². The molecule has 1 aliphatic rings. The number of aryl methyl sites for hydroxylation is 1. The van der Waals surface area contributed by atoms with Crippen LogP contribution in [0.1, 0.15) is 12.1 Å². The van der Waals surface area contributed by atoms with Crippen molar-refractivity contribution in [3.63, 3.8) is 0 Å². The number of rotatable bonds is 2.